The average Bonchev–Trinajstić information content (AvgIpc) is 2.88. The zero-order valence-corrected chi connectivity index (χ0v) is 12.0. The highest BCUT2D eigenvalue weighted by Crippen LogP contribution is 2.40. The van der Waals surface area contributed by atoms with Crippen molar-refractivity contribution in [3.63, 3.8) is 0 Å². The fourth-order valence-corrected chi connectivity index (χ4v) is 3.98. The van der Waals surface area contributed by atoms with Gasteiger partial charge in [0.25, 0.3) is 0 Å². The van der Waals surface area contributed by atoms with Crippen molar-refractivity contribution in [1.82, 2.24) is 10.2 Å². The lowest BCUT2D eigenvalue weighted by Gasteiger charge is -2.23. The minimum Gasteiger partial charge on any atom is -0.352 e. The van der Waals surface area contributed by atoms with Gasteiger partial charge in [0, 0.05) is 10.9 Å². The van der Waals surface area contributed by atoms with Crippen LogP contribution in [0.4, 0.5) is 0 Å². The molecule has 1 aliphatic rings. The zero-order valence-electron chi connectivity index (χ0n) is 10.4. The Morgan fingerprint density at radius 2 is 2.39 bits per heavy atom. The van der Waals surface area contributed by atoms with Crippen LogP contribution in [0.5, 0.6) is 0 Å². The van der Waals surface area contributed by atoms with Gasteiger partial charge in [-0.15, -0.1) is 23.1 Å². The largest absolute Gasteiger partial charge is 0.352 e. The first-order valence-electron chi connectivity index (χ1n) is 5.81. The summed E-state index contributed by atoms with van der Waals surface area (Å²) in [6, 6.07) is 4.08. The highest BCUT2D eigenvalue weighted by Gasteiger charge is 2.34. The Balaban J connectivity index is 2.04. The molecule has 0 saturated carbocycles. The predicted octanol–water partition coefficient (Wildman–Crippen LogP) is 1.85. The van der Waals surface area contributed by atoms with E-state index in [9.17, 15) is 9.59 Å². The van der Waals surface area contributed by atoms with Crippen LogP contribution in [0.1, 0.15) is 24.1 Å². The van der Waals surface area contributed by atoms with Gasteiger partial charge in [-0.1, -0.05) is 6.07 Å². The maximum absolute atomic E-state index is 11.8. The van der Waals surface area contributed by atoms with Crippen molar-refractivity contribution in [3.8, 4) is 0 Å². The standard InChI is InChI=1S/C12H16N2O2S2/c1-8(2)13-10(15)6-14-11(16)7-18-12(14)9-4-3-5-17-9/h3-5,8,12H,6-7H2,1-2H3,(H,13,15)/t12-/m0/s1. The molecular weight excluding hydrogens is 268 g/mol. The fraction of sp³-hybridized carbons (Fsp3) is 0.500. The molecule has 1 aromatic heterocycles. The van der Waals surface area contributed by atoms with E-state index in [1.165, 1.54) is 0 Å². The molecule has 0 bridgehead atoms. The van der Waals surface area contributed by atoms with Crippen LogP contribution in [-0.4, -0.2) is 35.1 Å². The smallest absolute Gasteiger partial charge is 0.239 e. The molecule has 1 fully saturated rings. The van der Waals surface area contributed by atoms with E-state index in [0.717, 1.165) is 4.88 Å². The lowest BCUT2D eigenvalue weighted by molar-refractivity contribution is -0.134. The number of rotatable bonds is 4. The van der Waals surface area contributed by atoms with Gasteiger partial charge in [-0.2, -0.15) is 0 Å². The Morgan fingerprint density at radius 1 is 1.61 bits per heavy atom. The molecule has 1 N–H and O–H groups in total. The minimum absolute atomic E-state index is 0.00425. The third-order valence-corrected chi connectivity index (χ3v) is 4.83. The summed E-state index contributed by atoms with van der Waals surface area (Å²) in [6.45, 7) is 3.97. The van der Waals surface area contributed by atoms with Gasteiger partial charge in [-0.3, -0.25) is 9.59 Å². The van der Waals surface area contributed by atoms with Crippen LogP contribution in [0.3, 0.4) is 0 Å². The number of amides is 2. The number of hydrogen-bond donors (Lipinski definition) is 1. The molecular formula is C12H16N2O2S2. The van der Waals surface area contributed by atoms with Gasteiger partial charge in [0.2, 0.25) is 11.8 Å². The number of carbonyl (C=O) groups is 2. The van der Waals surface area contributed by atoms with Crippen LogP contribution in [-0.2, 0) is 9.59 Å². The Morgan fingerprint density at radius 3 is 3.00 bits per heavy atom. The number of carbonyl (C=O) groups excluding carboxylic acids is 2. The molecule has 4 nitrogen and oxygen atoms in total. The van der Waals surface area contributed by atoms with Gasteiger partial charge >= 0.3 is 0 Å². The van der Waals surface area contributed by atoms with Crippen molar-refractivity contribution < 1.29 is 9.59 Å². The van der Waals surface area contributed by atoms with Crippen LogP contribution in [0.2, 0.25) is 0 Å². The summed E-state index contributed by atoms with van der Waals surface area (Å²) in [6.07, 6.45) is 0. The van der Waals surface area contributed by atoms with Crippen molar-refractivity contribution in [1.29, 1.82) is 0 Å². The van der Waals surface area contributed by atoms with Gasteiger partial charge in [0.15, 0.2) is 0 Å². The molecule has 0 spiro atoms. The summed E-state index contributed by atoms with van der Waals surface area (Å²) in [5.74, 6) is 0.400. The zero-order chi connectivity index (χ0) is 13.1. The number of thioether (sulfide) groups is 1. The van der Waals surface area contributed by atoms with Crippen molar-refractivity contribution in [2.24, 2.45) is 0 Å². The van der Waals surface area contributed by atoms with Gasteiger partial charge < -0.3 is 10.2 Å². The second-order valence-corrected chi connectivity index (χ2v) is 6.47. The maximum atomic E-state index is 11.8. The molecule has 0 aliphatic carbocycles. The lowest BCUT2D eigenvalue weighted by atomic mass is 10.3. The Labute approximate surface area is 115 Å². The summed E-state index contributed by atoms with van der Waals surface area (Å²) in [5, 5.41) is 4.80. The third kappa shape index (κ3) is 3.05. The molecule has 6 heteroatoms. The normalized spacial score (nSPS) is 19.6. The number of thiophene rings is 1. The first-order valence-corrected chi connectivity index (χ1v) is 7.74. The monoisotopic (exact) mass is 284 g/mol. The quantitative estimate of drug-likeness (QED) is 0.918. The van der Waals surface area contributed by atoms with Gasteiger partial charge in [0.1, 0.15) is 11.9 Å². The molecule has 1 saturated heterocycles. The van der Waals surface area contributed by atoms with E-state index in [4.69, 9.17) is 0 Å². The fourth-order valence-electron chi connectivity index (χ4n) is 1.81. The second kappa shape index (κ2) is 5.75. The van der Waals surface area contributed by atoms with Crippen LogP contribution in [0, 0.1) is 0 Å². The van der Waals surface area contributed by atoms with Crippen LogP contribution >= 0.6 is 23.1 Å². The van der Waals surface area contributed by atoms with E-state index in [0.29, 0.717) is 5.75 Å². The van der Waals surface area contributed by atoms with Gasteiger partial charge in [-0.05, 0) is 25.3 Å². The summed E-state index contributed by atoms with van der Waals surface area (Å²) >= 11 is 3.20. The highest BCUT2D eigenvalue weighted by atomic mass is 32.2. The van der Waals surface area contributed by atoms with Crippen LogP contribution in [0.15, 0.2) is 17.5 Å². The number of hydrogen-bond acceptors (Lipinski definition) is 4. The lowest BCUT2D eigenvalue weighted by Crippen LogP contribution is -2.41. The van der Waals surface area contributed by atoms with Gasteiger partial charge in [-0.25, -0.2) is 0 Å². The third-order valence-electron chi connectivity index (χ3n) is 2.52. The van der Waals surface area contributed by atoms with E-state index in [2.05, 4.69) is 5.32 Å². The summed E-state index contributed by atoms with van der Waals surface area (Å²) in [4.78, 5) is 26.4. The number of nitrogens with zero attached hydrogens (tertiary/aromatic N) is 1. The molecule has 0 radical (unpaired) electrons. The predicted molar refractivity (Wildman–Crippen MR) is 74.5 cm³/mol. The summed E-state index contributed by atoms with van der Waals surface area (Å²) in [5.41, 5.74) is 0. The second-order valence-electron chi connectivity index (χ2n) is 4.42. The van der Waals surface area contributed by atoms with E-state index < -0.39 is 0 Å². The molecule has 2 amide bonds. The molecule has 2 heterocycles. The molecule has 1 aliphatic heterocycles. The molecule has 1 atom stereocenters. The Bertz CT molecular complexity index is 431. The van der Waals surface area contributed by atoms with Crippen molar-refractivity contribution in [2.75, 3.05) is 12.3 Å². The summed E-state index contributed by atoms with van der Waals surface area (Å²) in [7, 11) is 0. The topological polar surface area (TPSA) is 49.4 Å². The molecule has 2 rings (SSSR count). The maximum Gasteiger partial charge on any atom is 0.239 e. The first-order chi connectivity index (χ1) is 8.58. The SMILES string of the molecule is CC(C)NC(=O)CN1C(=O)CS[C@H]1c1cccs1. The van der Waals surface area contributed by atoms with Gasteiger partial charge in [0.05, 0.1) is 5.75 Å². The molecule has 0 unspecified atom stereocenters. The molecule has 0 aromatic carbocycles. The highest BCUT2D eigenvalue weighted by molar-refractivity contribution is 8.00. The Kier molecular flexibility index (Phi) is 4.29. The van der Waals surface area contributed by atoms with Crippen LogP contribution in [0.25, 0.3) is 0 Å². The van der Waals surface area contributed by atoms with E-state index >= 15 is 0 Å². The molecule has 98 valence electrons. The van der Waals surface area contributed by atoms with Crippen molar-refractivity contribution >= 4 is 34.9 Å². The van der Waals surface area contributed by atoms with E-state index in [-0.39, 0.29) is 29.8 Å². The van der Waals surface area contributed by atoms with Crippen LogP contribution < -0.4 is 5.32 Å². The molecule has 18 heavy (non-hydrogen) atoms. The Hall–Kier alpha value is -1.01. The van der Waals surface area contributed by atoms with E-state index in [1.54, 1.807) is 28.0 Å². The molecule has 1 aromatic rings. The number of nitrogens with one attached hydrogen (secondary N) is 1. The summed E-state index contributed by atoms with van der Waals surface area (Å²) < 4.78 is 0. The van der Waals surface area contributed by atoms with Crippen molar-refractivity contribution in [3.05, 3.63) is 22.4 Å². The first kappa shape index (κ1) is 13.4. The van der Waals surface area contributed by atoms with E-state index in [1.807, 2.05) is 31.4 Å². The average molecular weight is 284 g/mol. The van der Waals surface area contributed by atoms with Crippen molar-refractivity contribution in [2.45, 2.75) is 25.3 Å². The minimum atomic E-state index is -0.0950.